The summed E-state index contributed by atoms with van der Waals surface area (Å²) in [6.45, 7) is 2.16. The van der Waals surface area contributed by atoms with Gasteiger partial charge in [0.05, 0.1) is 12.2 Å². The number of amides is 1. The number of fused-ring (bicyclic) bond motifs is 3. The Kier molecular flexibility index (Phi) is 3.36. The van der Waals surface area contributed by atoms with Crippen LogP contribution in [0.1, 0.15) is 20.8 Å². The molecular formula is C17H14N2O3S2. The van der Waals surface area contributed by atoms with Crippen LogP contribution in [0.3, 0.4) is 0 Å². The molecule has 2 heterocycles. The molecule has 2 aromatic carbocycles. The van der Waals surface area contributed by atoms with E-state index in [9.17, 15) is 13.2 Å². The fourth-order valence-corrected chi connectivity index (χ4v) is 5.22. The maximum Gasteiger partial charge on any atom is 0.326 e. The lowest BCUT2D eigenvalue weighted by Gasteiger charge is -2.28. The largest absolute Gasteiger partial charge is 0.326 e. The minimum absolute atomic E-state index is 0.177. The normalized spacial score (nSPS) is 16.0. The van der Waals surface area contributed by atoms with Gasteiger partial charge in [-0.15, -0.1) is 11.3 Å². The quantitative estimate of drug-likeness (QED) is 0.765. The Hall–Kier alpha value is -2.38. The predicted molar refractivity (Wildman–Crippen MR) is 95.6 cm³/mol. The van der Waals surface area contributed by atoms with Gasteiger partial charge in [-0.1, -0.05) is 48.0 Å². The Morgan fingerprint density at radius 3 is 2.54 bits per heavy atom. The number of carbonyl (C=O) groups is 1. The van der Waals surface area contributed by atoms with E-state index >= 15 is 0 Å². The third kappa shape index (κ3) is 2.37. The van der Waals surface area contributed by atoms with Crippen LogP contribution < -0.4 is 9.03 Å². The Morgan fingerprint density at radius 1 is 1.08 bits per heavy atom. The minimum atomic E-state index is -3.92. The maximum atomic E-state index is 12.6. The standard InChI is InChI=1S/C17H14N2O3S2/c1-11-6-8-12(9-7-11)10-19-15-13-4-2-3-5-14(13)23-16(15)17(20)18-24(19,21)22/h2-9H,10H2,1H3,(H,18,20). The lowest BCUT2D eigenvalue weighted by atomic mass is 10.1. The van der Waals surface area contributed by atoms with Crippen molar-refractivity contribution in [3.8, 4) is 0 Å². The van der Waals surface area contributed by atoms with Gasteiger partial charge in [-0.2, -0.15) is 8.42 Å². The number of anilines is 1. The molecule has 0 aliphatic carbocycles. The lowest BCUT2D eigenvalue weighted by Crippen LogP contribution is -2.47. The zero-order chi connectivity index (χ0) is 16.9. The van der Waals surface area contributed by atoms with Crippen LogP contribution >= 0.6 is 11.3 Å². The van der Waals surface area contributed by atoms with E-state index in [2.05, 4.69) is 4.72 Å². The highest BCUT2D eigenvalue weighted by molar-refractivity contribution is 7.91. The van der Waals surface area contributed by atoms with E-state index in [1.54, 1.807) is 0 Å². The average molecular weight is 358 g/mol. The summed E-state index contributed by atoms with van der Waals surface area (Å²) < 4.78 is 29.4. The van der Waals surface area contributed by atoms with E-state index in [4.69, 9.17) is 0 Å². The number of benzene rings is 2. The van der Waals surface area contributed by atoms with Gasteiger partial charge in [0, 0.05) is 10.1 Å². The van der Waals surface area contributed by atoms with Gasteiger partial charge in [0.15, 0.2) is 0 Å². The van der Waals surface area contributed by atoms with Crippen molar-refractivity contribution in [3.05, 3.63) is 64.5 Å². The molecular weight excluding hydrogens is 344 g/mol. The molecule has 0 saturated carbocycles. The number of rotatable bonds is 2. The highest BCUT2D eigenvalue weighted by Crippen LogP contribution is 2.42. The van der Waals surface area contributed by atoms with Crippen LogP contribution in [0.15, 0.2) is 48.5 Å². The van der Waals surface area contributed by atoms with Crippen molar-refractivity contribution in [2.24, 2.45) is 0 Å². The topological polar surface area (TPSA) is 66.5 Å². The third-order valence-corrected chi connectivity index (χ3v) is 6.48. The average Bonchev–Trinajstić information content (AvgIpc) is 2.93. The Morgan fingerprint density at radius 2 is 1.79 bits per heavy atom. The summed E-state index contributed by atoms with van der Waals surface area (Å²) in [5.74, 6) is -0.564. The highest BCUT2D eigenvalue weighted by Gasteiger charge is 2.37. The predicted octanol–water partition coefficient (Wildman–Crippen LogP) is 3.20. The molecule has 1 N–H and O–H groups in total. The molecule has 3 aromatic rings. The van der Waals surface area contributed by atoms with Crippen LogP contribution in [-0.4, -0.2) is 14.3 Å². The van der Waals surface area contributed by atoms with Crippen molar-refractivity contribution in [2.45, 2.75) is 13.5 Å². The highest BCUT2D eigenvalue weighted by atomic mass is 32.2. The summed E-state index contributed by atoms with van der Waals surface area (Å²) in [5, 5.41) is 0.781. The molecule has 0 fully saturated rings. The Labute approximate surface area is 143 Å². The SMILES string of the molecule is Cc1ccc(CN2c3c(sc4ccccc34)C(=O)NS2(=O)=O)cc1. The first-order valence-electron chi connectivity index (χ1n) is 7.37. The summed E-state index contributed by atoms with van der Waals surface area (Å²) in [5.41, 5.74) is 2.44. The van der Waals surface area contributed by atoms with Crippen LogP contribution in [0.25, 0.3) is 10.1 Å². The zero-order valence-corrected chi connectivity index (χ0v) is 14.4. The second-order valence-electron chi connectivity index (χ2n) is 5.70. The van der Waals surface area contributed by atoms with Gasteiger partial charge in [0.25, 0.3) is 5.91 Å². The summed E-state index contributed by atoms with van der Waals surface area (Å²) in [6, 6.07) is 15.1. The monoisotopic (exact) mass is 358 g/mol. The first-order valence-corrected chi connectivity index (χ1v) is 9.63. The first-order chi connectivity index (χ1) is 11.5. The molecule has 24 heavy (non-hydrogen) atoms. The summed E-state index contributed by atoms with van der Waals surface area (Å²) in [6.07, 6.45) is 0. The van der Waals surface area contributed by atoms with Crippen LogP contribution in [0.4, 0.5) is 5.69 Å². The van der Waals surface area contributed by atoms with Gasteiger partial charge in [-0.3, -0.25) is 4.79 Å². The minimum Gasteiger partial charge on any atom is -0.267 e. The molecule has 0 saturated heterocycles. The van der Waals surface area contributed by atoms with Crippen molar-refractivity contribution in [1.29, 1.82) is 0 Å². The number of thiophene rings is 1. The molecule has 4 rings (SSSR count). The fourth-order valence-electron chi connectivity index (χ4n) is 2.80. The Balaban J connectivity index is 1.90. The number of carbonyl (C=O) groups excluding carboxylic acids is 1. The second kappa shape index (κ2) is 5.32. The molecule has 5 nitrogen and oxygen atoms in total. The first kappa shape index (κ1) is 15.2. The van der Waals surface area contributed by atoms with E-state index in [1.807, 2.05) is 55.5 Å². The van der Waals surface area contributed by atoms with Gasteiger partial charge >= 0.3 is 10.2 Å². The molecule has 0 unspecified atom stereocenters. The second-order valence-corrected chi connectivity index (χ2v) is 8.35. The lowest BCUT2D eigenvalue weighted by molar-refractivity contribution is 0.0984. The molecule has 7 heteroatoms. The van der Waals surface area contributed by atoms with E-state index in [0.29, 0.717) is 10.6 Å². The van der Waals surface area contributed by atoms with Crippen LogP contribution in [0, 0.1) is 6.92 Å². The number of hydrogen-bond donors (Lipinski definition) is 1. The van der Waals surface area contributed by atoms with Crippen molar-refractivity contribution >= 4 is 43.2 Å². The zero-order valence-electron chi connectivity index (χ0n) is 12.8. The van der Waals surface area contributed by atoms with Crippen molar-refractivity contribution in [2.75, 3.05) is 4.31 Å². The molecule has 0 radical (unpaired) electrons. The van der Waals surface area contributed by atoms with Crippen molar-refractivity contribution in [3.63, 3.8) is 0 Å². The van der Waals surface area contributed by atoms with E-state index < -0.39 is 16.1 Å². The Bertz CT molecular complexity index is 1050. The molecule has 0 bridgehead atoms. The van der Waals surface area contributed by atoms with E-state index in [0.717, 1.165) is 21.2 Å². The van der Waals surface area contributed by atoms with Crippen molar-refractivity contribution < 1.29 is 13.2 Å². The molecule has 122 valence electrons. The van der Waals surface area contributed by atoms with E-state index in [1.165, 1.54) is 15.6 Å². The molecule has 1 aromatic heterocycles. The molecule has 1 amide bonds. The van der Waals surface area contributed by atoms with Gasteiger partial charge in [-0.25, -0.2) is 9.03 Å². The number of nitrogens with one attached hydrogen (secondary N) is 1. The van der Waals surface area contributed by atoms with Crippen molar-refractivity contribution in [1.82, 2.24) is 4.72 Å². The summed E-state index contributed by atoms with van der Waals surface area (Å²) in [4.78, 5) is 12.6. The molecule has 1 aliphatic rings. The molecule has 1 aliphatic heterocycles. The summed E-state index contributed by atoms with van der Waals surface area (Å²) in [7, 11) is -3.92. The number of aryl methyl sites for hydroxylation is 1. The number of nitrogens with zero attached hydrogens (tertiary/aromatic N) is 1. The van der Waals surface area contributed by atoms with Crippen LogP contribution in [0.5, 0.6) is 0 Å². The van der Waals surface area contributed by atoms with Gasteiger partial charge in [0.2, 0.25) is 0 Å². The summed E-state index contributed by atoms with van der Waals surface area (Å²) >= 11 is 1.31. The fraction of sp³-hybridized carbons (Fsp3) is 0.118. The van der Waals surface area contributed by atoms with Gasteiger partial charge in [0.1, 0.15) is 4.88 Å². The van der Waals surface area contributed by atoms with Crippen LogP contribution in [-0.2, 0) is 16.8 Å². The number of hydrogen-bond acceptors (Lipinski definition) is 4. The van der Waals surface area contributed by atoms with Crippen LogP contribution in [0.2, 0.25) is 0 Å². The molecule has 0 atom stereocenters. The maximum absolute atomic E-state index is 12.6. The van der Waals surface area contributed by atoms with E-state index in [-0.39, 0.29) is 6.54 Å². The molecule has 0 spiro atoms. The van der Waals surface area contributed by atoms with Gasteiger partial charge in [-0.05, 0) is 18.6 Å². The smallest absolute Gasteiger partial charge is 0.267 e. The third-order valence-electron chi connectivity index (χ3n) is 3.98. The van der Waals surface area contributed by atoms with Gasteiger partial charge < -0.3 is 0 Å².